The molecule has 5 rings (SSSR count). The number of aromatic nitrogens is 1. The molecule has 0 N–H and O–H groups in total. The zero-order chi connectivity index (χ0) is 18.8. The summed E-state index contributed by atoms with van der Waals surface area (Å²) in [6.45, 7) is 7.47. The molecule has 0 amide bonds. The second-order valence-corrected chi connectivity index (χ2v) is 8.60. The van der Waals surface area contributed by atoms with Crippen molar-refractivity contribution in [1.29, 1.82) is 0 Å². The van der Waals surface area contributed by atoms with Crippen LogP contribution in [0.2, 0.25) is 0 Å². The second-order valence-electron chi connectivity index (χ2n) is 8.60. The number of rotatable bonds is 4. The molecule has 1 aromatic carbocycles. The summed E-state index contributed by atoms with van der Waals surface area (Å²) in [7, 11) is 0. The maximum Gasteiger partial charge on any atom is 0.152 e. The standard InChI is InChI=1S/C23H31N3O2/c1-2-5-18(6-3-1)14-26-16-20-13-19(15-25-9-11-27-12-10-25)21-7-4-8-24-22(21)23(20)28-17-26/h4,7-8,13,18H,1-3,5-6,9-12,14-17H2. The molecule has 1 aliphatic carbocycles. The lowest BCUT2D eigenvalue weighted by Crippen LogP contribution is -2.37. The van der Waals surface area contributed by atoms with Gasteiger partial charge < -0.3 is 9.47 Å². The van der Waals surface area contributed by atoms with Crippen LogP contribution in [-0.4, -0.2) is 54.4 Å². The Morgan fingerprint density at radius 3 is 2.79 bits per heavy atom. The van der Waals surface area contributed by atoms with Crippen molar-refractivity contribution in [2.24, 2.45) is 5.92 Å². The summed E-state index contributed by atoms with van der Waals surface area (Å²) in [6.07, 6.45) is 8.86. The minimum absolute atomic E-state index is 0.692. The molecule has 28 heavy (non-hydrogen) atoms. The van der Waals surface area contributed by atoms with Crippen molar-refractivity contribution in [1.82, 2.24) is 14.8 Å². The second kappa shape index (κ2) is 8.36. The van der Waals surface area contributed by atoms with E-state index >= 15 is 0 Å². The van der Waals surface area contributed by atoms with Gasteiger partial charge in [-0.15, -0.1) is 0 Å². The minimum atomic E-state index is 0.692. The summed E-state index contributed by atoms with van der Waals surface area (Å²) in [4.78, 5) is 9.68. The zero-order valence-electron chi connectivity index (χ0n) is 16.7. The van der Waals surface area contributed by atoms with Crippen LogP contribution in [0.25, 0.3) is 10.9 Å². The number of pyridine rings is 1. The molecule has 3 heterocycles. The molecule has 0 unspecified atom stereocenters. The van der Waals surface area contributed by atoms with Crippen molar-refractivity contribution in [3.8, 4) is 5.75 Å². The lowest BCUT2D eigenvalue weighted by atomic mass is 9.89. The number of hydrogen-bond donors (Lipinski definition) is 0. The molecule has 3 aliphatic rings. The predicted octanol–water partition coefficient (Wildman–Crippen LogP) is 3.80. The fourth-order valence-electron chi connectivity index (χ4n) is 5.06. The van der Waals surface area contributed by atoms with Gasteiger partial charge in [-0.25, -0.2) is 0 Å². The number of hydrogen-bond acceptors (Lipinski definition) is 5. The molecule has 5 heteroatoms. The quantitative estimate of drug-likeness (QED) is 0.805. The molecule has 2 fully saturated rings. The molecular weight excluding hydrogens is 350 g/mol. The van der Waals surface area contributed by atoms with Gasteiger partial charge in [0.05, 0.1) is 13.2 Å². The molecule has 2 aromatic rings. The molecule has 2 aliphatic heterocycles. The molecule has 5 nitrogen and oxygen atoms in total. The topological polar surface area (TPSA) is 37.8 Å². The fraction of sp³-hybridized carbons (Fsp3) is 0.609. The first-order valence-electron chi connectivity index (χ1n) is 10.9. The van der Waals surface area contributed by atoms with Crippen LogP contribution in [0.1, 0.15) is 43.2 Å². The lowest BCUT2D eigenvalue weighted by Gasteiger charge is -2.34. The maximum atomic E-state index is 6.27. The van der Waals surface area contributed by atoms with Gasteiger partial charge in [0.2, 0.25) is 0 Å². The van der Waals surface area contributed by atoms with Crippen molar-refractivity contribution in [3.63, 3.8) is 0 Å². The van der Waals surface area contributed by atoms with Crippen LogP contribution in [0.5, 0.6) is 5.75 Å². The zero-order valence-corrected chi connectivity index (χ0v) is 16.7. The van der Waals surface area contributed by atoms with Crippen LogP contribution in [0.15, 0.2) is 24.4 Å². The van der Waals surface area contributed by atoms with Gasteiger partial charge in [-0.05, 0) is 36.5 Å². The van der Waals surface area contributed by atoms with Crippen LogP contribution in [0.4, 0.5) is 0 Å². The SMILES string of the molecule is c1cnc2c3c(cc(CN4CCOCC4)c2c1)CN(CC1CCCCC1)CO3. The average molecular weight is 382 g/mol. The summed E-state index contributed by atoms with van der Waals surface area (Å²) in [6, 6.07) is 6.60. The number of ether oxygens (including phenoxy) is 2. The first kappa shape index (κ1) is 18.3. The summed E-state index contributed by atoms with van der Waals surface area (Å²) < 4.78 is 11.8. The Labute approximate surface area is 167 Å². The molecule has 150 valence electrons. The normalized spacial score (nSPS) is 22.1. The summed E-state index contributed by atoms with van der Waals surface area (Å²) >= 11 is 0. The van der Waals surface area contributed by atoms with Gasteiger partial charge in [0, 0.05) is 49.9 Å². The fourth-order valence-corrected chi connectivity index (χ4v) is 5.06. The van der Waals surface area contributed by atoms with Crippen molar-refractivity contribution < 1.29 is 9.47 Å². The Balaban J connectivity index is 1.40. The average Bonchev–Trinajstić information content (AvgIpc) is 2.75. The van der Waals surface area contributed by atoms with Crippen LogP contribution in [0, 0.1) is 5.92 Å². The molecule has 1 saturated heterocycles. The van der Waals surface area contributed by atoms with E-state index < -0.39 is 0 Å². The molecular formula is C23H31N3O2. The molecule has 1 saturated carbocycles. The third kappa shape index (κ3) is 3.88. The minimum Gasteiger partial charge on any atom is -0.475 e. The van der Waals surface area contributed by atoms with Gasteiger partial charge >= 0.3 is 0 Å². The Morgan fingerprint density at radius 1 is 1.07 bits per heavy atom. The van der Waals surface area contributed by atoms with Gasteiger partial charge in [0.15, 0.2) is 5.75 Å². The summed E-state index contributed by atoms with van der Waals surface area (Å²) in [5, 5.41) is 1.23. The largest absolute Gasteiger partial charge is 0.475 e. The monoisotopic (exact) mass is 381 g/mol. The van der Waals surface area contributed by atoms with Crippen LogP contribution >= 0.6 is 0 Å². The first-order chi connectivity index (χ1) is 13.9. The van der Waals surface area contributed by atoms with Gasteiger partial charge in [-0.2, -0.15) is 0 Å². The number of nitrogens with zero attached hydrogens (tertiary/aromatic N) is 3. The number of fused-ring (bicyclic) bond motifs is 3. The van der Waals surface area contributed by atoms with Gasteiger partial charge in [0.25, 0.3) is 0 Å². The Bertz CT molecular complexity index is 813. The van der Waals surface area contributed by atoms with Crippen molar-refractivity contribution in [2.45, 2.75) is 45.2 Å². The molecule has 0 spiro atoms. The van der Waals surface area contributed by atoms with Crippen molar-refractivity contribution in [2.75, 3.05) is 39.6 Å². The Morgan fingerprint density at radius 2 is 1.93 bits per heavy atom. The Kier molecular flexibility index (Phi) is 5.47. The van der Waals surface area contributed by atoms with E-state index in [1.807, 2.05) is 12.3 Å². The Hall–Kier alpha value is -1.69. The highest BCUT2D eigenvalue weighted by Crippen LogP contribution is 2.36. The van der Waals surface area contributed by atoms with Crippen LogP contribution in [-0.2, 0) is 17.8 Å². The third-order valence-electron chi connectivity index (χ3n) is 6.53. The smallest absolute Gasteiger partial charge is 0.152 e. The van der Waals surface area contributed by atoms with E-state index in [9.17, 15) is 0 Å². The number of benzene rings is 1. The van der Waals surface area contributed by atoms with Crippen LogP contribution in [0.3, 0.4) is 0 Å². The maximum absolute atomic E-state index is 6.27. The van der Waals surface area contributed by atoms with Crippen molar-refractivity contribution >= 4 is 10.9 Å². The summed E-state index contributed by atoms with van der Waals surface area (Å²) in [5.41, 5.74) is 3.70. The highest BCUT2D eigenvalue weighted by molar-refractivity contribution is 5.89. The first-order valence-corrected chi connectivity index (χ1v) is 10.9. The van der Waals surface area contributed by atoms with Crippen LogP contribution < -0.4 is 4.74 Å². The van der Waals surface area contributed by atoms with Gasteiger partial charge in [0.1, 0.15) is 12.2 Å². The third-order valence-corrected chi connectivity index (χ3v) is 6.53. The van der Waals surface area contributed by atoms with E-state index in [2.05, 4.69) is 21.9 Å². The number of morpholine rings is 1. The molecule has 0 atom stereocenters. The van der Waals surface area contributed by atoms with E-state index in [4.69, 9.17) is 14.5 Å². The highest BCUT2D eigenvalue weighted by atomic mass is 16.5. The van der Waals surface area contributed by atoms with E-state index in [-0.39, 0.29) is 0 Å². The molecule has 1 aromatic heterocycles. The van der Waals surface area contributed by atoms with Gasteiger partial charge in [-0.1, -0.05) is 25.3 Å². The van der Waals surface area contributed by atoms with Crippen molar-refractivity contribution in [3.05, 3.63) is 35.5 Å². The lowest BCUT2D eigenvalue weighted by molar-refractivity contribution is 0.0342. The molecule has 0 bridgehead atoms. The van der Waals surface area contributed by atoms with E-state index in [0.717, 1.165) is 56.6 Å². The van der Waals surface area contributed by atoms with E-state index in [1.54, 1.807) is 0 Å². The van der Waals surface area contributed by atoms with Gasteiger partial charge in [-0.3, -0.25) is 14.8 Å². The highest BCUT2D eigenvalue weighted by Gasteiger charge is 2.25. The molecule has 0 radical (unpaired) electrons. The summed E-state index contributed by atoms with van der Waals surface area (Å²) in [5.74, 6) is 1.84. The van der Waals surface area contributed by atoms with E-state index in [0.29, 0.717) is 6.73 Å². The predicted molar refractivity (Wildman–Crippen MR) is 110 cm³/mol. The van der Waals surface area contributed by atoms with E-state index in [1.165, 1.54) is 55.2 Å².